The molecule has 3 N–H and O–H groups in total. The standard InChI is InChI=1S/C16H20N2O5/c1-9(20)18-14-12-6-16(12,21)13(8-19)23-15(14)22-11-4-2-10(7-17)3-5-11/h2,4,12-15,19,21H,3,5-6,8H2,1H3,(H,18,20)/t12?,13?,14?,15-,16-/m1/s1. The number of aliphatic hydroxyl groups excluding tert-OH is 1. The molecule has 5 atom stereocenters. The average Bonchev–Trinajstić information content (AvgIpc) is 3.23. The topological polar surface area (TPSA) is 112 Å². The Morgan fingerprint density at radius 1 is 1.57 bits per heavy atom. The maximum atomic E-state index is 11.4. The number of carbonyl (C=O) groups is 1. The van der Waals surface area contributed by atoms with Crippen molar-refractivity contribution < 1.29 is 24.5 Å². The van der Waals surface area contributed by atoms with Crippen molar-refractivity contribution in [2.75, 3.05) is 6.61 Å². The highest BCUT2D eigenvalue weighted by Crippen LogP contribution is 2.54. The van der Waals surface area contributed by atoms with Crippen LogP contribution in [0.3, 0.4) is 0 Å². The molecular weight excluding hydrogens is 300 g/mol. The number of fused-ring (bicyclic) bond motifs is 1. The van der Waals surface area contributed by atoms with E-state index in [1.165, 1.54) is 6.92 Å². The molecule has 3 aliphatic rings. The maximum Gasteiger partial charge on any atom is 0.220 e. The Balaban J connectivity index is 1.75. The molecule has 7 heteroatoms. The van der Waals surface area contributed by atoms with Crippen LogP contribution in [0.2, 0.25) is 0 Å². The third-order valence-electron chi connectivity index (χ3n) is 4.67. The minimum Gasteiger partial charge on any atom is -0.467 e. The zero-order valence-corrected chi connectivity index (χ0v) is 12.9. The van der Waals surface area contributed by atoms with Crippen LogP contribution in [0.4, 0.5) is 0 Å². The number of nitrogens with one attached hydrogen (secondary N) is 1. The number of rotatable bonds is 4. The third-order valence-corrected chi connectivity index (χ3v) is 4.67. The fourth-order valence-corrected chi connectivity index (χ4v) is 3.32. The second-order valence-electron chi connectivity index (χ2n) is 6.26. The Bertz CT molecular complexity index is 608. The van der Waals surface area contributed by atoms with Gasteiger partial charge >= 0.3 is 0 Å². The zero-order valence-electron chi connectivity index (χ0n) is 12.9. The number of amides is 1. The van der Waals surface area contributed by atoms with Crippen LogP contribution in [0, 0.1) is 17.2 Å². The summed E-state index contributed by atoms with van der Waals surface area (Å²) in [5, 5.41) is 31.5. The van der Waals surface area contributed by atoms with E-state index in [0.717, 1.165) is 0 Å². The van der Waals surface area contributed by atoms with Crippen LogP contribution in [0.25, 0.3) is 0 Å². The van der Waals surface area contributed by atoms with E-state index in [1.807, 2.05) is 0 Å². The molecule has 0 bridgehead atoms. The van der Waals surface area contributed by atoms with Gasteiger partial charge in [0.05, 0.1) is 24.3 Å². The number of hydrogen-bond acceptors (Lipinski definition) is 6. The fraction of sp³-hybridized carbons (Fsp3) is 0.625. The van der Waals surface area contributed by atoms with Crippen molar-refractivity contribution in [2.45, 2.75) is 50.2 Å². The normalized spacial score (nSPS) is 38.5. The molecule has 1 heterocycles. The molecule has 0 aromatic rings. The number of aliphatic hydroxyl groups is 2. The van der Waals surface area contributed by atoms with Gasteiger partial charge in [-0.2, -0.15) is 5.26 Å². The quantitative estimate of drug-likeness (QED) is 0.677. The number of hydrogen-bond donors (Lipinski definition) is 3. The second-order valence-corrected chi connectivity index (χ2v) is 6.26. The van der Waals surface area contributed by atoms with Crippen molar-refractivity contribution >= 4 is 5.91 Å². The lowest BCUT2D eigenvalue weighted by molar-refractivity contribution is -0.233. The van der Waals surface area contributed by atoms with Gasteiger partial charge in [0, 0.05) is 24.8 Å². The van der Waals surface area contributed by atoms with Crippen molar-refractivity contribution in [3.63, 3.8) is 0 Å². The molecule has 3 unspecified atom stereocenters. The molecule has 2 fully saturated rings. The predicted molar refractivity (Wildman–Crippen MR) is 78.5 cm³/mol. The molecule has 0 aromatic heterocycles. The molecule has 1 amide bonds. The van der Waals surface area contributed by atoms with Crippen LogP contribution in [0.1, 0.15) is 26.2 Å². The van der Waals surface area contributed by atoms with E-state index in [4.69, 9.17) is 14.7 Å². The van der Waals surface area contributed by atoms with Gasteiger partial charge in [0.25, 0.3) is 0 Å². The minimum absolute atomic E-state index is 0.197. The van der Waals surface area contributed by atoms with Gasteiger partial charge in [-0.1, -0.05) is 0 Å². The summed E-state index contributed by atoms with van der Waals surface area (Å²) in [5.41, 5.74) is -0.415. The lowest BCUT2D eigenvalue weighted by Crippen LogP contribution is -2.57. The lowest BCUT2D eigenvalue weighted by Gasteiger charge is -2.39. The highest BCUT2D eigenvalue weighted by atomic mass is 16.7. The minimum atomic E-state index is -1.10. The second kappa shape index (κ2) is 5.96. The summed E-state index contributed by atoms with van der Waals surface area (Å²) in [6.45, 7) is 1.09. The largest absolute Gasteiger partial charge is 0.467 e. The summed E-state index contributed by atoms with van der Waals surface area (Å²) in [7, 11) is 0. The summed E-state index contributed by atoms with van der Waals surface area (Å²) in [5.74, 6) is 0.233. The van der Waals surface area contributed by atoms with Gasteiger partial charge < -0.3 is 25.0 Å². The Labute approximate surface area is 134 Å². The monoisotopic (exact) mass is 320 g/mol. The Morgan fingerprint density at radius 2 is 2.35 bits per heavy atom. The van der Waals surface area contributed by atoms with Crippen LogP contribution in [-0.4, -0.2) is 46.8 Å². The highest BCUT2D eigenvalue weighted by Gasteiger charge is 2.67. The summed E-state index contributed by atoms with van der Waals surface area (Å²) < 4.78 is 11.6. The van der Waals surface area contributed by atoms with Gasteiger partial charge in [0.15, 0.2) is 0 Å². The summed E-state index contributed by atoms with van der Waals surface area (Å²) in [6.07, 6.45) is 3.55. The Morgan fingerprint density at radius 3 is 2.91 bits per heavy atom. The van der Waals surface area contributed by atoms with Crippen molar-refractivity contribution in [1.29, 1.82) is 5.26 Å². The molecule has 2 aliphatic carbocycles. The molecule has 124 valence electrons. The molecular formula is C16H20N2O5. The van der Waals surface area contributed by atoms with Crippen LogP contribution >= 0.6 is 0 Å². The van der Waals surface area contributed by atoms with Crippen molar-refractivity contribution in [1.82, 2.24) is 5.32 Å². The van der Waals surface area contributed by atoms with Crippen LogP contribution in [0.15, 0.2) is 23.5 Å². The molecule has 0 radical (unpaired) electrons. The fourth-order valence-electron chi connectivity index (χ4n) is 3.32. The van der Waals surface area contributed by atoms with E-state index >= 15 is 0 Å². The SMILES string of the molecule is CC(=O)NC1C2C[C@]2(O)C(CO)O[C@H]1OC1=CC=C(C#N)CC1. The third kappa shape index (κ3) is 2.98. The number of carbonyl (C=O) groups excluding carboxylic acids is 1. The molecule has 0 aromatic carbocycles. The summed E-state index contributed by atoms with van der Waals surface area (Å²) >= 11 is 0. The van der Waals surface area contributed by atoms with E-state index < -0.39 is 24.0 Å². The first-order valence-electron chi connectivity index (χ1n) is 7.70. The van der Waals surface area contributed by atoms with Gasteiger partial charge in [-0.25, -0.2) is 0 Å². The number of ether oxygens (including phenoxy) is 2. The predicted octanol–water partition coefficient (Wildman–Crippen LogP) is 0.104. The zero-order chi connectivity index (χ0) is 16.6. The first-order chi connectivity index (χ1) is 11.0. The molecule has 23 heavy (non-hydrogen) atoms. The van der Waals surface area contributed by atoms with Crippen molar-refractivity contribution in [3.05, 3.63) is 23.5 Å². The van der Waals surface area contributed by atoms with Crippen LogP contribution in [0.5, 0.6) is 0 Å². The summed E-state index contributed by atoms with van der Waals surface area (Å²) in [4.78, 5) is 11.4. The van der Waals surface area contributed by atoms with Crippen LogP contribution < -0.4 is 5.32 Å². The molecule has 7 nitrogen and oxygen atoms in total. The van der Waals surface area contributed by atoms with Gasteiger partial charge in [-0.05, 0) is 25.0 Å². The van der Waals surface area contributed by atoms with E-state index in [2.05, 4.69) is 11.4 Å². The molecule has 1 saturated carbocycles. The highest BCUT2D eigenvalue weighted by molar-refractivity contribution is 5.73. The number of nitriles is 1. The molecule has 3 rings (SSSR count). The van der Waals surface area contributed by atoms with Gasteiger partial charge in [0.2, 0.25) is 12.2 Å². The van der Waals surface area contributed by atoms with Gasteiger partial charge in [0.1, 0.15) is 11.9 Å². The lowest BCUT2D eigenvalue weighted by atomic mass is 10.00. The van der Waals surface area contributed by atoms with Crippen molar-refractivity contribution in [3.8, 4) is 6.07 Å². The first-order valence-corrected chi connectivity index (χ1v) is 7.70. The smallest absolute Gasteiger partial charge is 0.220 e. The summed E-state index contributed by atoms with van der Waals surface area (Å²) in [6, 6.07) is 1.63. The Kier molecular flexibility index (Phi) is 4.15. The Hall–Kier alpha value is -1.88. The van der Waals surface area contributed by atoms with E-state index in [1.54, 1.807) is 12.2 Å². The van der Waals surface area contributed by atoms with E-state index in [0.29, 0.717) is 30.6 Å². The van der Waals surface area contributed by atoms with E-state index in [9.17, 15) is 15.0 Å². The number of allylic oxidation sites excluding steroid dienone is 4. The first kappa shape index (κ1) is 16.0. The van der Waals surface area contributed by atoms with Gasteiger partial charge in [-0.15, -0.1) is 0 Å². The number of nitrogens with zero attached hydrogens (tertiary/aromatic N) is 1. The average molecular weight is 320 g/mol. The molecule has 1 saturated heterocycles. The van der Waals surface area contributed by atoms with Crippen LogP contribution in [-0.2, 0) is 14.3 Å². The maximum absolute atomic E-state index is 11.4. The van der Waals surface area contributed by atoms with Gasteiger partial charge in [-0.3, -0.25) is 4.79 Å². The molecule has 1 aliphatic heterocycles. The van der Waals surface area contributed by atoms with E-state index in [-0.39, 0.29) is 18.4 Å². The van der Waals surface area contributed by atoms with Crippen molar-refractivity contribution in [2.24, 2.45) is 5.92 Å². The molecule has 0 spiro atoms.